The first-order valence-corrected chi connectivity index (χ1v) is 12.9. The van der Waals surface area contributed by atoms with Crippen LogP contribution in [0.5, 0.6) is 0 Å². The van der Waals surface area contributed by atoms with Crippen molar-refractivity contribution in [2.75, 3.05) is 18.5 Å². The third-order valence-corrected chi connectivity index (χ3v) is 7.38. The van der Waals surface area contributed by atoms with Crippen molar-refractivity contribution in [3.63, 3.8) is 0 Å². The highest BCUT2D eigenvalue weighted by molar-refractivity contribution is 7.14. The van der Waals surface area contributed by atoms with Crippen LogP contribution in [0.4, 0.5) is 5.82 Å². The summed E-state index contributed by atoms with van der Waals surface area (Å²) in [7, 11) is 0. The molecule has 4 rings (SSSR count). The molecule has 0 aliphatic rings. The molecule has 0 saturated carbocycles. The van der Waals surface area contributed by atoms with Crippen molar-refractivity contribution >= 4 is 22.9 Å². The molecule has 4 aromatic rings. The summed E-state index contributed by atoms with van der Waals surface area (Å²) in [6.07, 6.45) is 6.34. The molecular formula is C29H31N3O2S. The molecule has 0 amide bonds. The zero-order chi connectivity index (χ0) is 24.5. The van der Waals surface area contributed by atoms with Gasteiger partial charge in [-0.05, 0) is 41.5 Å². The van der Waals surface area contributed by atoms with Crippen LogP contribution in [0.1, 0.15) is 56.6 Å². The number of ketones is 1. The number of thiophene rings is 1. The van der Waals surface area contributed by atoms with Gasteiger partial charge in [-0.1, -0.05) is 74.0 Å². The first kappa shape index (κ1) is 24.8. The number of aliphatic hydroxyl groups excluding tert-OH is 1. The van der Waals surface area contributed by atoms with Crippen molar-refractivity contribution in [3.8, 4) is 0 Å². The highest BCUT2D eigenvalue weighted by atomic mass is 32.1. The largest absolute Gasteiger partial charge is 0.396 e. The summed E-state index contributed by atoms with van der Waals surface area (Å²) in [6.45, 7) is 2.87. The van der Waals surface area contributed by atoms with E-state index in [1.54, 1.807) is 17.5 Å². The third-order valence-electron chi connectivity index (χ3n) is 6.20. The Bertz CT molecular complexity index is 1160. The van der Waals surface area contributed by atoms with E-state index in [0.717, 1.165) is 25.7 Å². The van der Waals surface area contributed by atoms with E-state index in [9.17, 15) is 9.90 Å². The maximum Gasteiger partial charge on any atom is 0.208 e. The minimum atomic E-state index is -0.0686. The van der Waals surface area contributed by atoms with Crippen LogP contribution in [0.3, 0.4) is 0 Å². The standard InChI is InChI=1S/C29H31N3O2S/c1-2-21(19-33)13-14-31-29-25(18-30-20-32-29)28(34)27-17-24(15-22-9-5-3-6-10-22)26(35-27)16-23-11-7-4-8-12-23/h3-12,17-18,20-21,33H,2,13-16,19H2,1H3,(H,30,31,32). The second kappa shape index (κ2) is 12.4. The van der Waals surface area contributed by atoms with Gasteiger partial charge in [0, 0.05) is 30.6 Å². The molecule has 1 atom stereocenters. The third kappa shape index (κ3) is 6.62. The van der Waals surface area contributed by atoms with E-state index < -0.39 is 0 Å². The van der Waals surface area contributed by atoms with Crippen molar-refractivity contribution in [1.29, 1.82) is 0 Å². The number of benzene rings is 2. The van der Waals surface area contributed by atoms with Crippen molar-refractivity contribution in [2.45, 2.75) is 32.6 Å². The molecule has 0 aliphatic carbocycles. The number of nitrogens with zero attached hydrogens (tertiary/aromatic N) is 2. The molecule has 1 unspecified atom stereocenters. The first-order valence-electron chi connectivity index (χ1n) is 12.1. The molecular weight excluding hydrogens is 454 g/mol. The number of carbonyl (C=O) groups excluding carboxylic acids is 1. The Morgan fingerprint density at radius 3 is 2.37 bits per heavy atom. The van der Waals surface area contributed by atoms with Crippen LogP contribution >= 0.6 is 11.3 Å². The molecule has 0 aliphatic heterocycles. The molecule has 2 aromatic heterocycles. The van der Waals surface area contributed by atoms with E-state index in [0.29, 0.717) is 22.8 Å². The molecule has 2 heterocycles. The fraction of sp³-hybridized carbons (Fsp3) is 0.276. The summed E-state index contributed by atoms with van der Waals surface area (Å²) in [6, 6.07) is 22.7. The summed E-state index contributed by atoms with van der Waals surface area (Å²) in [5, 5.41) is 12.7. The van der Waals surface area contributed by atoms with E-state index in [1.807, 2.05) is 42.5 Å². The molecule has 180 valence electrons. The van der Waals surface area contributed by atoms with Gasteiger partial charge < -0.3 is 10.4 Å². The lowest BCUT2D eigenvalue weighted by Gasteiger charge is -2.13. The van der Waals surface area contributed by atoms with Crippen molar-refractivity contribution in [1.82, 2.24) is 9.97 Å². The number of carbonyl (C=O) groups is 1. The second-order valence-electron chi connectivity index (χ2n) is 8.67. The number of anilines is 1. The Morgan fingerprint density at radius 2 is 1.71 bits per heavy atom. The quantitative estimate of drug-likeness (QED) is 0.249. The van der Waals surface area contributed by atoms with Gasteiger partial charge >= 0.3 is 0 Å². The first-order chi connectivity index (χ1) is 17.2. The van der Waals surface area contributed by atoms with Crippen molar-refractivity contribution in [2.24, 2.45) is 5.92 Å². The lowest BCUT2D eigenvalue weighted by molar-refractivity contribution is 0.104. The Morgan fingerprint density at radius 1 is 1.03 bits per heavy atom. The molecule has 2 aromatic carbocycles. The molecule has 6 heteroatoms. The van der Waals surface area contributed by atoms with Gasteiger partial charge in [-0.3, -0.25) is 4.79 Å². The van der Waals surface area contributed by atoms with Gasteiger partial charge in [0.05, 0.1) is 10.4 Å². The fourth-order valence-corrected chi connectivity index (χ4v) is 5.23. The molecule has 0 saturated heterocycles. The van der Waals surface area contributed by atoms with Crippen LogP contribution in [-0.4, -0.2) is 34.0 Å². The number of nitrogens with one attached hydrogen (secondary N) is 1. The van der Waals surface area contributed by atoms with E-state index in [4.69, 9.17) is 0 Å². The number of aromatic nitrogens is 2. The van der Waals surface area contributed by atoms with E-state index in [2.05, 4.69) is 46.5 Å². The van der Waals surface area contributed by atoms with E-state index >= 15 is 0 Å². The predicted octanol–water partition coefficient (Wildman–Crippen LogP) is 5.77. The second-order valence-corrected chi connectivity index (χ2v) is 9.81. The lowest BCUT2D eigenvalue weighted by Crippen LogP contribution is -2.15. The van der Waals surface area contributed by atoms with Crippen LogP contribution in [0.15, 0.2) is 79.3 Å². The summed E-state index contributed by atoms with van der Waals surface area (Å²) in [4.78, 5) is 24.0. The van der Waals surface area contributed by atoms with Crippen LogP contribution < -0.4 is 5.32 Å². The SMILES string of the molecule is CCC(CO)CCNc1ncncc1C(=O)c1cc(Cc2ccccc2)c(Cc2ccccc2)s1. The summed E-state index contributed by atoms with van der Waals surface area (Å²) >= 11 is 1.56. The molecule has 5 nitrogen and oxygen atoms in total. The van der Waals surface area contributed by atoms with Crippen LogP contribution in [0.2, 0.25) is 0 Å². The maximum atomic E-state index is 13.6. The van der Waals surface area contributed by atoms with Gasteiger partial charge in [-0.15, -0.1) is 11.3 Å². The van der Waals surface area contributed by atoms with Gasteiger partial charge in [0.2, 0.25) is 5.78 Å². The summed E-state index contributed by atoms with van der Waals surface area (Å²) in [5.74, 6) is 0.711. The van der Waals surface area contributed by atoms with E-state index in [1.165, 1.54) is 27.9 Å². The minimum Gasteiger partial charge on any atom is -0.396 e. The van der Waals surface area contributed by atoms with Gasteiger partial charge in [0.1, 0.15) is 12.1 Å². The maximum absolute atomic E-state index is 13.6. The Kier molecular flexibility index (Phi) is 8.76. The number of aliphatic hydroxyl groups is 1. The fourth-order valence-electron chi connectivity index (χ4n) is 4.06. The highest BCUT2D eigenvalue weighted by Crippen LogP contribution is 2.30. The summed E-state index contributed by atoms with van der Waals surface area (Å²) in [5.41, 5.74) is 4.10. The smallest absolute Gasteiger partial charge is 0.208 e. The zero-order valence-electron chi connectivity index (χ0n) is 20.0. The Hall–Kier alpha value is -3.35. The lowest BCUT2D eigenvalue weighted by atomic mass is 10.0. The predicted molar refractivity (Wildman–Crippen MR) is 142 cm³/mol. The molecule has 0 radical (unpaired) electrons. The van der Waals surface area contributed by atoms with Gasteiger partial charge in [0.15, 0.2) is 0 Å². The van der Waals surface area contributed by atoms with Gasteiger partial charge in [-0.25, -0.2) is 9.97 Å². The number of hydrogen-bond acceptors (Lipinski definition) is 6. The van der Waals surface area contributed by atoms with Crippen molar-refractivity contribution in [3.05, 3.63) is 111 Å². The molecule has 2 N–H and O–H groups in total. The monoisotopic (exact) mass is 485 g/mol. The minimum absolute atomic E-state index is 0.0686. The number of rotatable bonds is 12. The molecule has 0 spiro atoms. The van der Waals surface area contributed by atoms with Gasteiger partial charge in [-0.2, -0.15) is 0 Å². The highest BCUT2D eigenvalue weighted by Gasteiger charge is 2.20. The van der Waals surface area contributed by atoms with E-state index in [-0.39, 0.29) is 18.3 Å². The normalized spacial score (nSPS) is 11.8. The topological polar surface area (TPSA) is 75.1 Å². The Balaban J connectivity index is 1.59. The zero-order valence-corrected chi connectivity index (χ0v) is 20.8. The molecule has 0 bridgehead atoms. The molecule has 0 fully saturated rings. The van der Waals surface area contributed by atoms with Crippen molar-refractivity contribution < 1.29 is 9.90 Å². The molecule has 35 heavy (non-hydrogen) atoms. The average Bonchev–Trinajstić information content (AvgIpc) is 3.29. The summed E-state index contributed by atoms with van der Waals surface area (Å²) < 4.78 is 0. The van der Waals surface area contributed by atoms with Crippen LogP contribution in [-0.2, 0) is 12.8 Å². The van der Waals surface area contributed by atoms with Crippen LogP contribution in [0.25, 0.3) is 0 Å². The number of hydrogen-bond donors (Lipinski definition) is 2. The van der Waals surface area contributed by atoms with Gasteiger partial charge in [0.25, 0.3) is 0 Å². The average molecular weight is 486 g/mol. The Labute approximate surface area is 210 Å². The van der Waals surface area contributed by atoms with Crippen LogP contribution in [0, 0.1) is 5.92 Å².